The summed E-state index contributed by atoms with van der Waals surface area (Å²) in [5.74, 6) is -5.82. The van der Waals surface area contributed by atoms with Crippen molar-refractivity contribution in [2.45, 2.75) is 129 Å². The van der Waals surface area contributed by atoms with Gasteiger partial charge in [0.15, 0.2) is 18.9 Å². The first-order valence-corrected chi connectivity index (χ1v) is 16.2. The molecule has 4 rings (SSSR count). The van der Waals surface area contributed by atoms with Crippen LogP contribution in [0.2, 0.25) is 0 Å². The number of carboxylic acids is 1. The van der Waals surface area contributed by atoms with Gasteiger partial charge in [-0.15, -0.1) is 0 Å². The van der Waals surface area contributed by atoms with Crippen LogP contribution in [0.3, 0.4) is 0 Å². The van der Waals surface area contributed by atoms with Gasteiger partial charge in [0, 0.05) is 19.4 Å². The Labute approximate surface area is 290 Å². The molecule has 22 heteroatoms. The molecule has 0 radical (unpaired) electrons. The number of methoxy groups -OCH3 is 1. The summed E-state index contributed by atoms with van der Waals surface area (Å²) in [6.07, 6.45) is -30.8. The largest absolute Gasteiger partial charge is 0.477 e. The Morgan fingerprint density at radius 2 is 1.49 bits per heavy atom. The molecule has 4 aliphatic rings. The number of hydrogen-bond donors (Lipinski definition) is 12. The van der Waals surface area contributed by atoms with E-state index < -0.39 is 161 Å². The van der Waals surface area contributed by atoms with Gasteiger partial charge in [0.05, 0.1) is 38.6 Å². The van der Waals surface area contributed by atoms with Gasteiger partial charge in [-0.05, 0) is 0 Å². The molecule has 0 saturated carbocycles. The number of carbonyl (C=O) groups excluding carboxylic acids is 1. The highest BCUT2D eigenvalue weighted by Crippen LogP contribution is 2.40. The van der Waals surface area contributed by atoms with Crippen LogP contribution in [-0.4, -0.2) is 223 Å². The summed E-state index contributed by atoms with van der Waals surface area (Å²) in [6, 6.07) is 0. The second kappa shape index (κ2) is 17.7. The van der Waals surface area contributed by atoms with Gasteiger partial charge in [0.1, 0.15) is 85.5 Å². The number of aldehydes is 1. The van der Waals surface area contributed by atoms with Gasteiger partial charge in [-0.1, -0.05) is 6.92 Å². The van der Waals surface area contributed by atoms with Crippen molar-refractivity contribution in [3.8, 4) is 0 Å². The number of ether oxygens (including phenoxy) is 8. The van der Waals surface area contributed by atoms with E-state index in [9.17, 15) is 70.9 Å². The van der Waals surface area contributed by atoms with Gasteiger partial charge in [-0.25, -0.2) is 4.79 Å². The molecule has 0 amide bonds. The summed E-state index contributed by atoms with van der Waals surface area (Å²) in [7, 11) is 1.22. The third-order valence-corrected chi connectivity index (χ3v) is 9.64. The van der Waals surface area contributed by atoms with Crippen molar-refractivity contribution in [1.29, 1.82) is 0 Å². The summed E-state index contributed by atoms with van der Waals surface area (Å²) in [5, 5.41) is 124. The Morgan fingerprint density at radius 3 is 2.06 bits per heavy atom. The summed E-state index contributed by atoms with van der Waals surface area (Å²) >= 11 is 0. The van der Waals surface area contributed by atoms with E-state index in [0.29, 0.717) is 0 Å². The molecule has 4 saturated heterocycles. The molecule has 22 nitrogen and oxygen atoms in total. The maximum Gasteiger partial charge on any atom is 0.364 e. The number of carbonyl (C=O) groups is 2. The van der Waals surface area contributed by atoms with E-state index in [0.717, 1.165) is 0 Å². The molecule has 0 aliphatic carbocycles. The minimum absolute atomic E-state index is 0.230. The first-order chi connectivity index (χ1) is 24.1. The van der Waals surface area contributed by atoms with Crippen LogP contribution in [0.4, 0.5) is 0 Å². The maximum absolute atomic E-state index is 12.6. The zero-order valence-electron chi connectivity index (χ0n) is 27.5. The van der Waals surface area contributed by atoms with E-state index in [1.165, 1.54) is 14.0 Å². The Balaban J connectivity index is 1.55. The summed E-state index contributed by atoms with van der Waals surface area (Å²) in [4.78, 5) is 24.3. The minimum atomic E-state index is -2.91. The van der Waals surface area contributed by atoms with Crippen LogP contribution in [0.25, 0.3) is 0 Å². The van der Waals surface area contributed by atoms with Crippen LogP contribution in [0.5, 0.6) is 0 Å². The maximum atomic E-state index is 12.6. The normalized spacial score (nSPS) is 47.5. The van der Waals surface area contributed by atoms with Crippen LogP contribution in [0.15, 0.2) is 0 Å². The van der Waals surface area contributed by atoms with Crippen LogP contribution in [-0.2, 0) is 47.5 Å². The van der Waals surface area contributed by atoms with Gasteiger partial charge < -0.3 is 104 Å². The van der Waals surface area contributed by atoms with Gasteiger partial charge in [-0.3, -0.25) is 0 Å². The molecule has 10 unspecified atom stereocenters. The van der Waals surface area contributed by atoms with Gasteiger partial charge in [0.2, 0.25) is 0 Å². The van der Waals surface area contributed by atoms with E-state index in [1.54, 1.807) is 0 Å². The predicted molar refractivity (Wildman–Crippen MR) is 157 cm³/mol. The Morgan fingerprint density at radius 1 is 0.843 bits per heavy atom. The van der Waals surface area contributed by atoms with Crippen molar-refractivity contribution >= 4 is 12.3 Å². The average molecular weight is 749 g/mol. The van der Waals surface area contributed by atoms with Gasteiger partial charge >= 0.3 is 5.97 Å². The van der Waals surface area contributed by atoms with E-state index in [1.807, 2.05) is 0 Å². The lowest BCUT2D eigenvalue weighted by Crippen LogP contribution is -2.67. The average Bonchev–Trinajstić information content (AvgIpc) is 3.41. The topological polar surface area (TPSA) is 351 Å². The fraction of sp³-hybridized carbons (Fsp3) is 0.931. The van der Waals surface area contributed by atoms with E-state index >= 15 is 0 Å². The number of aliphatic hydroxyl groups is 11. The van der Waals surface area contributed by atoms with Crippen molar-refractivity contribution in [3.63, 3.8) is 0 Å². The zero-order valence-corrected chi connectivity index (χ0v) is 27.5. The third-order valence-electron chi connectivity index (χ3n) is 9.64. The number of aliphatic carboxylic acids is 1. The van der Waals surface area contributed by atoms with Crippen LogP contribution in [0.1, 0.15) is 13.3 Å². The van der Waals surface area contributed by atoms with E-state index in [-0.39, 0.29) is 6.29 Å². The standard InChI is InChI=1S/C29H48O22/c1-9-10(34)3-29(28(42)43,50-22(9)16(36)11(35)4-30)51-25-18(38)13(6-32)47-27(21(25)41)49-24-15(46-12(5-31)17(24)37)8-45-26-20(40)19(39)23(44-2)14(7-33)48-26/h5,9-27,30,32-41H,3-4,6-8H2,1-2H3,(H,42,43)/t9-,10?,11-,12?,13?,14?,15?,16-,17?,18+,19-,20?,21?,22-,23-,24?,25+,26-,27+,29?/m1/s1. The fourth-order valence-corrected chi connectivity index (χ4v) is 6.56. The Kier molecular flexibility index (Phi) is 14.6. The molecular formula is C29H48O22. The first-order valence-electron chi connectivity index (χ1n) is 16.2. The van der Waals surface area contributed by atoms with Gasteiger partial charge in [-0.2, -0.15) is 0 Å². The first kappa shape index (κ1) is 42.1. The minimum Gasteiger partial charge on any atom is -0.477 e. The smallest absolute Gasteiger partial charge is 0.364 e. The molecule has 4 fully saturated rings. The second-order valence-electron chi connectivity index (χ2n) is 12.9. The van der Waals surface area contributed by atoms with Crippen LogP contribution < -0.4 is 0 Å². The summed E-state index contributed by atoms with van der Waals surface area (Å²) < 4.78 is 44.1. The SMILES string of the molecule is CO[C@@H]1C(CO)O[C@@H](OCC2OC(C=O)C(O)C2O[C@@H]2OC(CO)[C@H](O)[C@H](OC3(C(=O)O)CC(O)[C@@H](C)[C@H]([C@H](O)[C@H](O)CO)O3)C2O)C(O)[C@H]1O. The van der Waals surface area contributed by atoms with Crippen molar-refractivity contribution in [2.24, 2.45) is 5.92 Å². The van der Waals surface area contributed by atoms with Gasteiger partial charge in [0.25, 0.3) is 5.79 Å². The Hall–Kier alpha value is -1.62. The Bertz CT molecular complexity index is 1130. The number of rotatable bonds is 15. The van der Waals surface area contributed by atoms with E-state index in [4.69, 9.17) is 37.9 Å². The lowest BCUT2D eigenvalue weighted by molar-refractivity contribution is -0.377. The zero-order chi connectivity index (χ0) is 37.9. The molecular weight excluding hydrogens is 700 g/mol. The van der Waals surface area contributed by atoms with Crippen molar-refractivity contribution in [1.82, 2.24) is 0 Å². The van der Waals surface area contributed by atoms with Crippen LogP contribution in [0, 0.1) is 5.92 Å². The number of aliphatic hydroxyl groups excluding tert-OH is 11. The lowest BCUT2D eigenvalue weighted by atomic mass is 9.84. The molecule has 0 spiro atoms. The van der Waals surface area contributed by atoms with Crippen molar-refractivity contribution in [3.05, 3.63) is 0 Å². The highest BCUT2D eigenvalue weighted by molar-refractivity contribution is 5.76. The number of hydrogen-bond acceptors (Lipinski definition) is 21. The predicted octanol–water partition coefficient (Wildman–Crippen LogP) is -7.73. The molecule has 51 heavy (non-hydrogen) atoms. The fourth-order valence-electron chi connectivity index (χ4n) is 6.56. The van der Waals surface area contributed by atoms with E-state index in [2.05, 4.69) is 0 Å². The van der Waals surface area contributed by atoms with Crippen molar-refractivity contribution in [2.75, 3.05) is 33.5 Å². The second-order valence-corrected chi connectivity index (χ2v) is 12.9. The highest BCUT2D eigenvalue weighted by atomic mass is 16.8. The molecule has 4 aliphatic heterocycles. The van der Waals surface area contributed by atoms with Crippen molar-refractivity contribution < 1.29 is 109 Å². The summed E-state index contributed by atoms with van der Waals surface area (Å²) in [5.41, 5.74) is 0. The summed E-state index contributed by atoms with van der Waals surface area (Å²) in [6.45, 7) is -1.79. The third kappa shape index (κ3) is 8.54. The van der Waals surface area contributed by atoms with Crippen LogP contribution >= 0.6 is 0 Å². The molecule has 12 N–H and O–H groups in total. The lowest BCUT2D eigenvalue weighted by Gasteiger charge is -2.49. The number of carboxylic acid groups (broad SMARTS) is 1. The monoisotopic (exact) mass is 748 g/mol. The molecule has 0 aromatic heterocycles. The quantitative estimate of drug-likeness (QED) is 0.0692. The molecule has 4 heterocycles. The molecule has 0 aromatic carbocycles. The molecule has 20 atom stereocenters. The highest BCUT2D eigenvalue weighted by Gasteiger charge is 2.59. The molecule has 0 aromatic rings. The molecule has 0 bridgehead atoms. The molecule has 296 valence electrons.